The first-order valence-corrected chi connectivity index (χ1v) is 10.1. The monoisotopic (exact) mass is 389 g/mol. The molecule has 0 aliphatic carbocycles. The van der Waals surface area contributed by atoms with Crippen LogP contribution in [0.25, 0.3) is 10.8 Å². The molecule has 1 saturated heterocycles. The molecule has 0 saturated carbocycles. The van der Waals surface area contributed by atoms with Gasteiger partial charge in [-0.1, -0.05) is 48.5 Å². The summed E-state index contributed by atoms with van der Waals surface area (Å²) in [7, 11) is 0. The second-order valence-corrected chi connectivity index (χ2v) is 7.65. The lowest BCUT2D eigenvalue weighted by Crippen LogP contribution is -2.49. The molecule has 3 aromatic rings. The third kappa shape index (κ3) is 4.51. The molecule has 150 valence electrons. The first kappa shape index (κ1) is 19.3. The van der Waals surface area contributed by atoms with Crippen LogP contribution in [-0.4, -0.2) is 48.6 Å². The number of phenols is 1. The van der Waals surface area contributed by atoms with Crippen molar-refractivity contribution in [2.24, 2.45) is 0 Å². The van der Waals surface area contributed by atoms with E-state index in [1.54, 1.807) is 6.07 Å². The molecule has 29 heavy (non-hydrogen) atoms. The number of amides is 1. The van der Waals surface area contributed by atoms with Crippen molar-refractivity contribution in [1.82, 2.24) is 10.2 Å². The highest BCUT2D eigenvalue weighted by atomic mass is 16.3. The Labute approximate surface area is 171 Å². The Bertz CT molecular complexity index is 996. The molecule has 1 aliphatic rings. The first-order chi connectivity index (χ1) is 14.1. The van der Waals surface area contributed by atoms with Crippen LogP contribution in [0.5, 0.6) is 5.75 Å². The number of aromatic hydroxyl groups is 1. The number of phenolic OH excluding ortho intramolecular Hbond substituents is 1. The summed E-state index contributed by atoms with van der Waals surface area (Å²) in [6, 6.07) is 22.0. The van der Waals surface area contributed by atoms with Crippen LogP contribution in [-0.2, 0) is 4.79 Å². The van der Waals surface area contributed by atoms with E-state index in [1.807, 2.05) is 37.3 Å². The molecule has 1 fully saturated rings. The second kappa shape index (κ2) is 8.53. The summed E-state index contributed by atoms with van der Waals surface area (Å²) in [5.74, 6) is 0.351. The van der Waals surface area contributed by atoms with Gasteiger partial charge in [-0.3, -0.25) is 9.69 Å². The Hall–Kier alpha value is -3.05. The largest absolute Gasteiger partial charge is 0.506 e. The number of piperazine rings is 1. The number of hydrogen-bond donors (Lipinski definition) is 2. The molecule has 1 atom stereocenters. The van der Waals surface area contributed by atoms with Gasteiger partial charge in [-0.15, -0.1) is 0 Å². The Morgan fingerprint density at radius 1 is 0.966 bits per heavy atom. The van der Waals surface area contributed by atoms with Crippen molar-refractivity contribution in [2.45, 2.75) is 13.0 Å². The molecule has 2 N–H and O–H groups in total. The standard InChI is InChI=1S/C24H27N3O2/c1-18(20-11-10-19-6-2-3-7-21(19)16-20)25-24(29)17-26-12-14-27(15-13-26)22-8-4-5-9-23(22)28/h2-11,16,18,28H,12-15,17H2,1H3,(H,25,29)/t18-/m0/s1. The maximum absolute atomic E-state index is 12.6. The molecule has 0 bridgehead atoms. The second-order valence-electron chi connectivity index (χ2n) is 7.65. The molecular formula is C24H27N3O2. The smallest absolute Gasteiger partial charge is 0.234 e. The number of carbonyl (C=O) groups excluding carboxylic acids is 1. The van der Waals surface area contributed by atoms with Crippen LogP contribution in [0.15, 0.2) is 66.7 Å². The third-order valence-electron chi connectivity index (χ3n) is 5.61. The van der Waals surface area contributed by atoms with E-state index in [9.17, 15) is 9.90 Å². The maximum atomic E-state index is 12.6. The zero-order chi connectivity index (χ0) is 20.2. The minimum atomic E-state index is -0.0327. The normalized spacial score (nSPS) is 16.0. The number of rotatable bonds is 5. The molecule has 1 heterocycles. The Balaban J connectivity index is 1.30. The summed E-state index contributed by atoms with van der Waals surface area (Å²) in [5.41, 5.74) is 1.97. The molecule has 0 radical (unpaired) electrons. The van der Waals surface area contributed by atoms with E-state index >= 15 is 0 Å². The number of nitrogens with zero attached hydrogens (tertiary/aromatic N) is 2. The quantitative estimate of drug-likeness (QED) is 0.701. The van der Waals surface area contributed by atoms with Crippen molar-refractivity contribution in [2.75, 3.05) is 37.6 Å². The van der Waals surface area contributed by atoms with Gasteiger partial charge in [0.25, 0.3) is 0 Å². The average Bonchev–Trinajstić information content (AvgIpc) is 2.74. The van der Waals surface area contributed by atoms with Crippen LogP contribution in [0.4, 0.5) is 5.69 Å². The van der Waals surface area contributed by atoms with E-state index in [0.29, 0.717) is 12.3 Å². The number of benzene rings is 3. The van der Waals surface area contributed by atoms with Crippen LogP contribution in [0, 0.1) is 0 Å². The van der Waals surface area contributed by atoms with E-state index < -0.39 is 0 Å². The fraction of sp³-hybridized carbons (Fsp3) is 0.292. The van der Waals surface area contributed by atoms with E-state index in [2.05, 4.69) is 45.4 Å². The average molecular weight is 389 g/mol. The van der Waals surface area contributed by atoms with E-state index in [0.717, 1.165) is 37.4 Å². The summed E-state index contributed by atoms with van der Waals surface area (Å²) in [6.07, 6.45) is 0. The van der Waals surface area contributed by atoms with E-state index in [-0.39, 0.29) is 11.9 Å². The van der Waals surface area contributed by atoms with E-state index in [4.69, 9.17) is 0 Å². The van der Waals surface area contributed by atoms with Gasteiger partial charge >= 0.3 is 0 Å². The van der Waals surface area contributed by atoms with Gasteiger partial charge in [0, 0.05) is 26.2 Å². The van der Waals surface area contributed by atoms with Crippen LogP contribution >= 0.6 is 0 Å². The van der Waals surface area contributed by atoms with Crippen molar-refractivity contribution in [3.05, 3.63) is 72.3 Å². The Morgan fingerprint density at radius 3 is 2.41 bits per heavy atom. The van der Waals surface area contributed by atoms with Gasteiger partial charge in [0.2, 0.25) is 5.91 Å². The molecule has 5 heteroatoms. The van der Waals surface area contributed by atoms with Crippen LogP contribution < -0.4 is 10.2 Å². The molecule has 3 aromatic carbocycles. The first-order valence-electron chi connectivity index (χ1n) is 10.1. The minimum absolute atomic E-state index is 0.0327. The van der Waals surface area contributed by atoms with Gasteiger partial charge in [0.15, 0.2) is 0 Å². The molecule has 4 rings (SSSR count). The predicted molar refractivity (Wildman–Crippen MR) is 117 cm³/mol. The number of para-hydroxylation sites is 2. The lowest BCUT2D eigenvalue weighted by Gasteiger charge is -2.36. The lowest BCUT2D eigenvalue weighted by atomic mass is 10.0. The Kier molecular flexibility index (Phi) is 5.67. The highest BCUT2D eigenvalue weighted by molar-refractivity contribution is 5.83. The van der Waals surface area contributed by atoms with Gasteiger partial charge in [-0.25, -0.2) is 0 Å². The molecule has 0 aromatic heterocycles. The molecule has 5 nitrogen and oxygen atoms in total. The maximum Gasteiger partial charge on any atom is 0.234 e. The lowest BCUT2D eigenvalue weighted by molar-refractivity contribution is -0.123. The van der Waals surface area contributed by atoms with Crippen LogP contribution in [0.1, 0.15) is 18.5 Å². The van der Waals surface area contributed by atoms with Crippen molar-refractivity contribution < 1.29 is 9.90 Å². The van der Waals surface area contributed by atoms with Crippen LogP contribution in [0.3, 0.4) is 0 Å². The summed E-state index contributed by atoms with van der Waals surface area (Å²) in [5, 5.41) is 15.5. The number of carbonyl (C=O) groups is 1. The number of fused-ring (bicyclic) bond motifs is 1. The van der Waals surface area contributed by atoms with Crippen LogP contribution in [0.2, 0.25) is 0 Å². The molecule has 0 spiro atoms. The van der Waals surface area contributed by atoms with Crippen molar-refractivity contribution >= 4 is 22.4 Å². The van der Waals surface area contributed by atoms with Crippen molar-refractivity contribution in [3.63, 3.8) is 0 Å². The summed E-state index contributed by atoms with van der Waals surface area (Å²) < 4.78 is 0. The Morgan fingerprint density at radius 2 is 1.66 bits per heavy atom. The van der Waals surface area contributed by atoms with Gasteiger partial charge in [0.05, 0.1) is 18.3 Å². The topological polar surface area (TPSA) is 55.8 Å². The molecule has 0 unspecified atom stereocenters. The summed E-state index contributed by atoms with van der Waals surface area (Å²) in [4.78, 5) is 16.9. The fourth-order valence-corrected chi connectivity index (χ4v) is 3.93. The molecule has 1 amide bonds. The van der Waals surface area contributed by atoms with Gasteiger partial charge in [-0.05, 0) is 41.5 Å². The summed E-state index contributed by atoms with van der Waals surface area (Å²) >= 11 is 0. The van der Waals surface area contributed by atoms with Gasteiger partial charge in [0.1, 0.15) is 5.75 Å². The fourth-order valence-electron chi connectivity index (χ4n) is 3.93. The van der Waals surface area contributed by atoms with Crippen molar-refractivity contribution in [3.8, 4) is 5.75 Å². The minimum Gasteiger partial charge on any atom is -0.506 e. The molecular weight excluding hydrogens is 362 g/mol. The molecule has 1 aliphatic heterocycles. The highest BCUT2D eigenvalue weighted by Gasteiger charge is 2.21. The number of nitrogens with one attached hydrogen (secondary N) is 1. The van der Waals surface area contributed by atoms with Gasteiger partial charge in [-0.2, -0.15) is 0 Å². The SMILES string of the molecule is C[C@H](NC(=O)CN1CCN(c2ccccc2O)CC1)c1ccc2ccccc2c1. The van der Waals surface area contributed by atoms with Gasteiger partial charge < -0.3 is 15.3 Å². The predicted octanol–water partition coefficient (Wildman–Crippen LogP) is 3.54. The zero-order valence-corrected chi connectivity index (χ0v) is 16.7. The number of hydrogen-bond acceptors (Lipinski definition) is 4. The summed E-state index contributed by atoms with van der Waals surface area (Å²) in [6.45, 7) is 5.61. The number of anilines is 1. The highest BCUT2D eigenvalue weighted by Crippen LogP contribution is 2.27. The zero-order valence-electron chi connectivity index (χ0n) is 16.7. The van der Waals surface area contributed by atoms with Crippen molar-refractivity contribution in [1.29, 1.82) is 0 Å². The van der Waals surface area contributed by atoms with E-state index in [1.165, 1.54) is 10.8 Å². The third-order valence-corrected chi connectivity index (χ3v) is 5.61.